The number of ether oxygens (including phenoxy) is 2. The molecular weight excluding hydrogens is 437 g/mol. The molecule has 2 amide bonds. The van der Waals surface area contributed by atoms with E-state index in [1.165, 1.54) is 12.1 Å². The van der Waals surface area contributed by atoms with Gasteiger partial charge in [0.05, 0.1) is 6.54 Å². The fraction of sp³-hybridized carbons (Fsp3) is 0.417. The number of alkyl halides is 3. The van der Waals surface area contributed by atoms with Crippen LogP contribution in [-0.2, 0) is 16.1 Å². The van der Waals surface area contributed by atoms with Gasteiger partial charge in [-0.05, 0) is 54.7 Å². The van der Waals surface area contributed by atoms with Crippen molar-refractivity contribution in [1.29, 1.82) is 0 Å². The quantitative estimate of drug-likeness (QED) is 0.691. The van der Waals surface area contributed by atoms with E-state index in [1.807, 2.05) is 18.2 Å². The molecule has 2 aromatic rings. The number of carbonyl (C=O) groups excluding carboxylic acids is 2. The molecule has 2 aromatic carbocycles. The second-order valence-electron chi connectivity index (χ2n) is 8.65. The molecule has 9 heteroatoms. The van der Waals surface area contributed by atoms with Crippen LogP contribution in [0.2, 0.25) is 0 Å². The fourth-order valence-corrected chi connectivity index (χ4v) is 5.17. The third-order valence-electron chi connectivity index (χ3n) is 6.69. The van der Waals surface area contributed by atoms with Crippen molar-refractivity contribution in [1.82, 2.24) is 9.80 Å². The van der Waals surface area contributed by atoms with E-state index in [9.17, 15) is 22.8 Å². The van der Waals surface area contributed by atoms with Crippen molar-refractivity contribution in [2.24, 2.45) is 0 Å². The van der Waals surface area contributed by atoms with E-state index < -0.39 is 11.9 Å². The number of benzene rings is 2. The molecule has 0 N–H and O–H groups in total. The first kappa shape index (κ1) is 21.6. The van der Waals surface area contributed by atoms with Crippen LogP contribution in [-0.4, -0.2) is 53.2 Å². The Morgan fingerprint density at radius 2 is 1.79 bits per heavy atom. The molecule has 3 heterocycles. The first-order chi connectivity index (χ1) is 15.7. The van der Waals surface area contributed by atoms with E-state index >= 15 is 0 Å². The molecule has 3 aliphatic rings. The summed E-state index contributed by atoms with van der Waals surface area (Å²) in [6.45, 7) is 1.76. The molecule has 5 rings (SSSR count). The molecule has 3 aliphatic heterocycles. The average molecular weight is 460 g/mol. The first-order valence-electron chi connectivity index (χ1n) is 11.0. The summed E-state index contributed by atoms with van der Waals surface area (Å²) in [5.41, 5.74) is 1.60. The minimum absolute atomic E-state index is 0.0265. The molecule has 6 nitrogen and oxygen atoms in total. The predicted molar refractivity (Wildman–Crippen MR) is 112 cm³/mol. The van der Waals surface area contributed by atoms with Crippen LogP contribution < -0.4 is 9.47 Å². The van der Waals surface area contributed by atoms with E-state index in [0.717, 1.165) is 23.1 Å². The Hall–Kier alpha value is -3.23. The summed E-state index contributed by atoms with van der Waals surface area (Å²) in [5.74, 6) is 0.413. The Labute approximate surface area is 188 Å². The number of nitrogens with zero attached hydrogens (tertiary/aromatic N) is 2. The summed E-state index contributed by atoms with van der Waals surface area (Å²) in [5, 5.41) is 0. The van der Waals surface area contributed by atoms with Crippen LogP contribution in [0.5, 0.6) is 11.5 Å². The minimum atomic E-state index is -4.74. The zero-order valence-corrected chi connectivity index (χ0v) is 17.9. The molecular formula is C24H23F3N2O4. The normalized spacial score (nSPS) is 22.5. The summed E-state index contributed by atoms with van der Waals surface area (Å²) >= 11 is 0. The van der Waals surface area contributed by atoms with Gasteiger partial charge in [0.2, 0.25) is 11.8 Å². The maximum atomic E-state index is 13.6. The molecule has 1 atom stereocenters. The molecule has 0 aliphatic carbocycles. The molecule has 33 heavy (non-hydrogen) atoms. The molecule has 0 aromatic heterocycles. The second-order valence-corrected chi connectivity index (χ2v) is 8.65. The lowest BCUT2D eigenvalue weighted by molar-refractivity contribution is -0.274. The average Bonchev–Trinajstić information content (AvgIpc) is 3.26. The zero-order valence-electron chi connectivity index (χ0n) is 17.9. The predicted octanol–water partition coefficient (Wildman–Crippen LogP) is 4.13. The van der Waals surface area contributed by atoms with Gasteiger partial charge in [-0.1, -0.05) is 18.2 Å². The van der Waals surface area contributed by atoms with Gasteiger partial charge in [-0.15, -0.1) is 13.2 Å². The van der Waals surface area contributed by atoms with Crippen molar-refractivity contribution in [2.75, 3.05) is 19.7 Å². The van der Waals surface area contributed by atoms with Crippen LogP contribution >= 0.6 is 0 Å². The first-order valence-corrected chi connectivity index (χ1v) is 11.0. The van der Waals surface area contributed by atoms with Crippen molar-refractivity contribution in [3.63, 3.8) is 0 Å². The smallest absolute Gasteiger partial charge is 0.491 e. The number of hydrogen-bond donors (Lipinski definition) is 0. The Balaban J connectivity index is 1.38. The summed E-state index contributed by atoms with van der Waals surface area (Å²) < 4.78 is 47.1. The highest BCUT2D eigenvalue weighted by Crippen LogP contribution is 2.42. The Bertz CT molecular complexity index is 1090. The third-order valence-corrected chi connectivity index (χ3v) is 6.69. The van der Waals surface area contributed by atoms with Gasteiger partial charge >= 0.3 is 6.36 Å². The number of rotatable bonds is 3. The molecule has 0 radical (unpaired) electrons. The maximum Gasteiger partial charge on any atom is 0.573 e. The lowest BCUT2D eigenvalue weighted by atomic mass is 9.92. The van der Waals surface area contributed by atoms with Gasteiger partial charge in [0, 0.05) is 25.1 Å². The lowest BCUT2D eigenvalue weighted by Crippen LogP contribution is -2.54. The van der Waals surface area contributed by atoms with E-state index in [-0.39, 0.29) is 17.6 Å². The van der Waals surface area contributed by atoms with E-state index in [0.29, 0.717) is 51.3 Å². The number of hydrogen-bond acceptors (Lipinski definition) is 4. The van der Waals surface area contributed by atoms with E-state index in [4.69, 9.17) is 4.74 Å². The van der Waals surface area contributed by atoms with Gasteiger partial charge in [-0.25, -0.2) is 0 Å². The Kier molecular flexibility index (Phi) is 5.22. The van der Waals surface area contributed by atoms with Crippen molar-refractivity contribution >= 4 is 11.8 Å². The highest BCUT2D eigenvalue weighted by atomic mass is 19.4. The Morgan fingerprint density at radius 3 is 2.55 bits per heavy atom. The molecule has 0 spiro atoms. The standard InChI is InChI=1S/C24H23F3N2O4/c25-24(26,27)33-19-5-2-16(3-6-19)17-4-7-20-18(14-17)15-28(12-13-32-20)22(31)23-9-1-11-29(23)21(30)8-10-23/h2-7,14H,1,8-13,15H2. The highest BCUT2D eigenvalue weighted by molar-refractivity contribution is 5.95. The van der Waals surface area contributed by atoms with Crippen LogP contribution in [0.25, 0.3) is 11.1 Å². The molecule has 174 valence electrons. The molecule has 1 unspecified atom stereocenters. The van der Waals surface area contributed by atoms with Crippen molar-refractivity contribution in [2.45, 2.75) is 44.1 Å². The maximum absolute atomic E-state index is 13.6. The molecule has 2 saturated heterocycles. The summed E-state index contributed by atoms with van der Waals surface area (Å²) in [6, 6.07) is 11.2. The number of fused-ring (bicyclic) bond motifs is 2. The van der Waals surface area contributed by atoms with Gasteiger partial charge in [-0.3, -0.25) is 9.59 Å². The minimum Gasteiger partial charge on any atom is -0.491 e. The van der Waals surface area contributed by atoms with Crippen LogP contribution in [0.4, 0.5) is 13.2 Å². The van der Waals surface area contributed by atoms with E-state index in [2.05, 4.69) is 4.74 Å². The van der Waals surface area contributed by atoms with Crippen LogP contribution in [0.1, 0.15) is 31.2 Å². The highest BCUT2D eigenvalue weighted by Gasteiger charge is 2.55. The van der Waals surface area contributed by atoms with Crippen molar-refractivity contribution in [3.8, 4) is 22.6 Å². The van der Waals surface area contributed by atoms with Crippen molar-refractivity contribution < 1.29 is 32.2 Å². The topological polar surface area (TPSA) is 59.1 Å². The number of halogens is 3. The van der Waals surface area contributed by atoms with Gasteiger partial charge in [0.1, 0.15) is 23.6 Å². The van der Waals surface area contributed by atoms with Gasteiger partial charge in [0.15, 0.2) is 0 Å². The molecule has 0 saturated carbocycles. The number of amides is 2. The van der Waals surface area contributed by atoms with Crippen LogP contribution in [0, 0.1) is 0 Å². The second kappa shape index (κ2) is 7.97. The Morgan fingerprint density at radius 1 is 1.03 bits per heavy atom. The molecule has 0 bridgehead atoms. The summed E-state index contributed by atoms with van der Waals surface area (Å²) in [6.07, 6.45) is -2.26. The fourth-order valence-electron chi connectivity index (χ4n) is 5.17. The van der Waals surface area contributed by atoms with Gasteiger partial charge in [-0.2, -0.15) is 0 Å². The van der Waals surface area contributed by atoms with Gasteiger partial charge < -0.3 is 19.3 Å². The SMILES string of the molecule is O=C1CCC2(C(=O)N3CCOc4ccc(-c5ccc(OC(F)(F)F)cc5)cc4C3)CCCN12. The van der Waals surface area contributed by atoms with E-state index in [1.54, 1.807) is 21.9 Å². The lowest BCUT2D eigenvalue weighted by Gasteiger charge is -2.35. The zero-order chi connectivity index (χ0) is 23.2. The summed E-state index contributed by atoms with van der Waals surface area (Å²) in [7, 11) is 0. The molecule has 2 fully saturated rings. The number of carbonyl (C=O) groups is 2. The van der Waals surface area contributed by atoms with Crippen LogP contribution in [0.3, 0.4) is 0 Å². The third kappa shape index (κ3) is 4.00. The summed E-state index contributed by atoms with van der Waals surface area (Å²) in [4.78, 5) is 29.4. The van der Waals surface area contributed by atoms with Gasteiger partial charge in [0.25, 0.3) is 0 Å². The largest absolute Gasteiger partial charge is 0.573 e. The van der Waals surface area contributed by atoms with Crippen molar-refractivity contribution in [3.05, 3.63) is 48.0 Å². The van der Waals surface area contributed by atoms with Crippen LogP contribution in [0.15, 0.2) is 42.5 Å². The monoisotopic (exact) mass is 460 g/mol.